The van der Waals surface area contributed by atoms with Crippen LogP contribution in [0.2, 0.25) is 0 Å². The summed E-state index contributed by atoms with van der Waals surface area (Å²) in [5, 5.41) is 0.786. The number of aryl methyl sites for hydroxylation is 2. The van der Waals surface area contributed by atoms with Crippen LogP contribution in [-0.2, 0) is 4.79 Å². The van der Waals surface area contributed by atoms with Crippen LogP contribution in [0.3, 0.4) is 0 Å². The van der Waals surface area contributed by atoms with Crippen molar-refractivity contribution < 1.29 is 13.9 Å². The van der Waals surface area contributed by atoms with Crippen LogP contribution < -0.4 is 10.2 Å². The molecule has 0 saturated carbocycles. The van der Waals surface area contributed by atoms with Gasteiger partial charge in [0.05, 0.1) is 5.39 Å². The Hall–Kier alpha value is -2.62. The first-order valence-corrected chi connectivity index (χ1v) is 6.63. The van der Waals surface area contributed by atoms with Crippen LogP contribution in [0.5, 0.6) is 5.75 Å². The smallest absolute Gasteiger partial charge is 0.308 e. The number of hydrogen-bond donors (Lipinski definition) is 0. The summed E-state index contributed by atoms with van der Waals surface area (Å²) in [6, 6.07) is 8.61. The Balaban J connectivity index is 2.48. The maximum atomic E-state index is 12.7. The van der Waals surface area contributed by atoms with Gasteiger partial charge in [-0.05, 0) is 43.2 Å². The van der Waals surface area contributed by atoms with Gasteiger partial charge in [0.15, 0.2) is 0 Å². The lowest BCUT2D eigenvalue weighted by Crippen LogP contribution is -2.08. The Labute approximate surface area is 120 Å². The van der Waals surface area contributed by atoms with Gasteiger partial charge in [0.1, 0.15) is 22.3 Å². The Morgan fingerprint density at radius 2 is 1.90 bits per heavy atom. The number of rotatable bonds is 1. The van der Waals surface area contributed by atoms with Gasteiger partial charge in [-0.25, -0.2) is 0 Å². The number of ether oxygens (including phenoxy) is 1. The second kappa shape index (κ2) is 4.74. The average Bonchev–Trinajstić information content (AvgIpc) is 2.43. The van der Waals surface area contributed by atoms with E-state index in [2.05, 4.69) is 0 Å². The van der Waals surface area contributed by atoms with Gasteiger partial charge in [0, 0.05) is 6.92 Å². The molecule has 106 valence electrons. The van der Waals surface area contributed by atoms with E-state index < -0.39 is 5.97 Å². The van der Waals surface area contributed by atoms with Gasteiger partial charge in [-0.15, -0.1) is 0 Å². The number of carbonyl (C=O) groups excluding carboxylic acids is 1. The van der Waals surface area contributed by atoms with Crippen molar-refractivity contribution >= 4 is 27.9 Å². The van der Waals surface area contributed by atoms with E-state index in [0.29, 0.717) is 21.9 Å². The lowest BCUT2D eigenvalue weighted by Gasteiger charge is -2.08. The van der Waals surface area contributed by atoms with Crippen LogP contribution in [0.25, 0.3) is 21.9 Å². The van der Waals surface area contributed by atoms with E-state index in [9.17, 15) is 9.59 Å². The third-order valence-electron chi connectivity index (χ3n) is 3.60. The molecule has 0 bridgehead atoms. The highest BCUT2D eigenvalue weighted by Gasteiger charge is 2.15. The highest BCUT2D eigenvalue weighted by Crippen LogP contribution is 2.28. The van der Waals surface area contributed by atoms with Gasteiger partial charge in [-0.1, -0.05) is 12.1 Å². The lowest BCUT2D eigenvalue weighted by molar-refractivity contribution is -0.131. The fraction of sp³-hybridized carbons (Fsp3) is 0.176. The second-order valence-corrected chi connectivity index (χ2v) is 5.04. The Kier molecular flexibility index (Phi) is 3.01. The summed E-state index contributed by atoms with van der Waals surface area (Å²) in [5.41, 5.74) is 2.80. The molecule has 4 heteroatoms. The van der Waals surface area contributed by atoms with Crippen LogP contribution >= 0.6 is 0 Å². The fourth-order valence-electron chi connectivity index (χ4n) is 2.40. The van der Waals surface area contributed by atoms with Gasteiger partial charge < -0.3 is 9.15 Å². The molecule has 1 aromatic heterocycles. The zero-order valence-electron chi connectivity index (χ0n) is 12.0. The molecule has 0 aliphatic carbocycles. The Bertz CT molecular complexity index is 935. The Morgan fingerprint density at radius 1 is 1.14 bits per heavy atom. The van der Waals surface area contributed by atoms with E-state index in [0.717, 1.165) is 11.1 Å². The molecule has 0 aliphatic heterocycles. The molecule has 4 nitrogen and oxygen atoms in total. The molecular weight excluding hydrogens is 268 g/mol. The normalized spacial score (nSPS) is 11.0. The van der Waals surface area contributed by atoms with E-state index in [1.54, 1.807) is 24.3 Å². The topological polar surface area (TPSA) is 56.5 Å². The van der Waals surface area contributed by atoms with E-state index in [1.165, 1.54) is 6.92 Å². The van der Waals surface area contributed by atoms with Crippen molar-refractivity contribution in [1.82, 2.24) is 0 Å². The molecule has 0 spiro atoms. The first kappa shape index (κ1) is 13.4. The van der Waals surface area contributed by atoms with Crippen molar-refractivity contribution in [2.24, 2.45) is 0 Å². The molecule has 0 fully saturated rings. The first-order chi connectivity index (χ1) is 9.99. The SMILES string of the molecule is CC(=O)Oc1cccc2oc3c(C)c(C)ccc3c(=O)c12. The molecule has 21 heavy (non-hydrogen) atoms. The molecule has 3 aromatic rings. The summed E-state index contributed by atoms with van der Waals surface area (Å²) < 4.78 is 11.0. The summed E-state index contributed by atoms with van der Waals surface area (Å²) in [5.74, 6) is -0.240. The van der Waals surface area contributed by atoms with Gasteiger partial charge in [-0.3, -0.25) is 9.59 Å². The Morgan fingerprint density at radius 3 is 2.62 bits per heavy atom. The van der Waals surface area contributed by atoms with Crippen LogP contribution in [0.1, 0.15) is 18.1 Å². The highest BCUT2D eigenvalue weighted by molar-refractivity contribution is 5.95. The van der Waals surface area contributed by atoms with Crippen molar-refractivity contribution in [1.29, 1.82) is 0 Å². The summed E-state index contributed by atoms with van der Waals surface area (Å²) in [7, 11) is 0. The molecule has 0 atom stereocenters. The first-order valence-electron chi connectivity index (χ1n) is 6.63. The zero-order chi connectivity index (χ0) is 15.1. The molecule has 0 amide bonds. The molecule has 0 saturated heterocycles. The van der Waals surface area contributed by atoms with Crippen molar-refractivity contribution in [3.63, 3.8) is 0 Å². The van der Waals surface area contributed by atoms with E-state index in [4.69, 9.17) is 9.15 Å². The number of esters is 1. The standard InChI is InChI=1S/C17H14O4/c1-9-7-8-12-16(19)15-13(20-11(3)18)5-4-6-14(15)21-17(12)10(9)2/h4-8H,1-3H3. The maximum absolute atomic E-state index is 12.7. The number of benzene rings is 2. The fourth-order valence-corrected chi connectivity index (χ4v) is 2.40. The van der Waals surface area contributed by atoms with Crippen LogP contribution in [0.15, 0.2) is 39.5 Å². The molecule has 0 unspecified atom stereocenters. The molecule has 0 N–H and O–H groups in total. The number of hydrogen-bond acceptors (Lipinski definition) is 4. The monoisotopic (exact) mass is 282 g/mol. The maximum Gasteiger partial charge on any atom is 0.308 e. The minimum atomic E-state index is -0.470. The minimum Gasteiger partial charge on any atom is -0.455 e. The third-order valence-corrected chi connectivity index (χ3v) is 3.60. The largest absolute Gasteiger partial charge is 0.455 e. The van der Waals surface area contributed by atoms with Crippen molar-refractivity contribution in [2.45, 2.75) is 20.8 Å². The summed E-state index contributed by atoms with van der Waals surface area (Å²) in [6.45, 7) is 5.19. The summed E-state index contributed by atoms with van der Waals surface area (Å²) >= 11 is 0. The van der Waals surface area contributed by atoms with E-state index in [-0.39, 0.29) is 11.2 Å². The summed E-state index contributed by atoms with van der Waals surface area (Å²) in [6.07, 6.45) is 0. The van der Waals surface area contributed by atoms with E-state index >= 15 is 0 Å². The second-order valence-electron chi connectivity index (χ2n) is 5.04. The summed E-state index contributed by atoms with van der Waals surface area (Å²) in [4.78, 5) is 23.9. The lowest BCUT2D eigenvalue weighted by atomic mass is 10.0. The number of carbonyl (C=O) groups is 1. The molecule has 0 radical (unpaired) electrons. The third kappa shape index (κ3) is 2.09. The molecular formula is C17H14O4. The van der Waals surface area contributed by atoms with Crippen LogP contribution in [0, 0.1) is 13.8 Å². The van der Waals surface area contributed by atoms with Crippen molar-refractivity contribution in [3.8, 4) is 5.75 Å². The molecule has 2 aromatic carbocycles. The zero-order valence-corrected chi connectivity index (χ0v) is 12.0. The predicted octanol–water partition coefficient (Wildman–Crippen LogP) is 3.49. The highest BCUT2D eigenvalue weighted by atomic mass is 16.5. The molecule has 1 heterocycles. The minimum absolute atomic E-state index is 0.189. The van der Waals surface area contributed by atoms with Crippen molar-refractivity contribution in [2.75, 3.05) is 0 Å². The van der Waals surface area contributed by atoms with Gasteiger partial charge >= 0.3 is 5.97 Å². The predicted molar refractivity (Wildman–Crippen MR) is 80.8 cm³/mol. The van der Waals surface area contributed by atoms with Crippen molar-refractivity contribution in [3.05, 3.63) is 51.7 Å². The molecule has 3 rings (SSSR count). The average molecular weight is 282 g/mol. The van der Waals surface area contributed by atoms with Gasteiger partial charge in [-0.2, -0.15) is 0 Å². The van der Waals surface area contributed by atoms with Gasteiger partial charge in [0.25, 0.3) is 0 Å². The quantitative estimate of drug-likeness (QED) is 0.389. The van der Waals surface area contributed by atoms with Crippen LogP contribution in [-0.4, -0.2) is 5.97 Å². The van der Waals surface area contributed by atoms with Crippen LogP contribution in [0.4, 0.5) is 0 Å². The molecule has 0 aliphatic rings. The number of fused-ring (bicyclic) bond motifs is 2. The van der Waals surface area contributed by atoms with E-state index in [1.807, 2.05) is 19.9 Å². The van der Waals surface area contributed by atoms with Gasteiger partial charge in [0.2, 0.25) is 5.43 Å².